The SMILES string of the molecule is c1cc2cc(c1)COCCOCCOc1ccccc1OCCOCCOCc1cccc(c1)COCCOCCOc1ccccc1OCCOCCOC2. The van der Waals surface area contributed by atoms with Gasteiger partial charge in [-0.1, -0.05) is 72.8 Å². The lowest BCUT2D eigenvalue weighted by molar-refractivity contribution is 0.0261. The third-order valence-electron chi connectivity index (χ3n) is 8.18. The van der Waals surface area contributed by atoms with Gasteiger partial charge in [0.2, 0.25) is 0 Å². The molecule has 0 radical (unpaired) electrons. The van der Waals surface area contributed by atoms with Crippen LogP contribution in [0.1, 0.15) is 22.3 Å². The molecule has 0 saturated heterocycles. The number of hydrogen-bond acceptors (Lipinski definition) is 12. The van der Waals surface area contributed by atoms with Crippen molar-refractivity contribution in [3.63, 3.8) is 0 Å². The van der Waals surface area contributed by atoms with Crippen LogP contribution in [-0.2, 0) is 64.3 Å². The number of fused-ring (bicyclic) bond motifs is 6. The summed E-state index contributed by atoms with van der Waals surface area (Å²) in [5.41, 5.74) is 4.30. The third kappa shape index (κ3) is 17.7. The molecule has 1 aliphatic heterocycles. The lowest BCUT2D eigenvalue weighted by Gasteiger charge is -2.13. The average molecular weight is 777 g/mol. The Hall–Kier alpha value is -4.24. The summed E-state index contributed by atoms with van der Waals surface area (Å²) in [4.78, 5) is 0. The van der Waals surface area contributed by atoms with Gasteiger partial charge in [0.15, 0.2) is 23.0 Å². The van der Waals surface area contributed by atoms with Gasteiger partial charge in [-0.15, -0.1) is 0 Å². The number of ether oxygens (including phenoxy) is 12. The van der Waals surface area contributed by atoms with Crippen LogP contribution in [-0.4, -0.2) is 106 Å². The monoisotopic (exact) mass is 776 g/mol. The summed E-state index contributed by atoms with van der Waals surface area (Å²) in [6, 6.07) is 31.5. The second-order valence-corrected chi connectivity index (χ2v) is 12.6. The van der Waals surface area contributed by atoms with Crippen molar-refractivity contribution in [2.24, 2.45) is 0 Å². The summed E-state index contributed by atoms with van der Waals surface area (Å²) in [6.07, 6.45) is 0. The minimum atomic E-state index is 0.393. The van der Waals surface area contributed by atoms with E-state index in [4.69, 9.17) is 56.8 Å². The van der Waals surface area contributed by atoms with Gasteiger partial charge in [-0.2, -0.15) is 0 Å². The minimum absolute atomic E-state index is 0.393. The number of benzene rings is 4. The molecule has 56 heavy (non-hydrogen) atoms. The highest BCUT2D eigenvalue weighted by atomic mass is 16.6. The fourth-order valence-electron chi connectivity index (χ4n) is 5.48. The van der Waals surface area contributed by atoms with Crippen LogP contribution >= 0.6 is 0 Å². The number of rotatable bonds is 0. The van der Waals surface area contributed by atoms with E-state index in [-0.39, 0.29) is 0 Å². The van der Waals surface area contributed by atoms with Crippen LogP contribution in [0.2, 0.25) is 0 Å². The highest BCUT2D eigenvalue weighted by molar-refractivity contribution is 5.40. The molecule has 0 aromatic heterocycles. The van der Waals surface area contributed by atoms with Gasteiger partial charge in [-0.3, -0.25) is 0 Å². The van der Waals surface area contributed by atoms with Crippen LogP contribution in [0.5, 0.6) is 23.0 Å². The van der Waals surface area contributed by atoms with E-state index in [0.29, 0.717) is 155 Å². The topological polar surface area (TPSA) is 111 Å². The van der Waals surface area contributed by atoms with E-state index in [1.54, 1.807) is 0 Å². The van der Waals surface area contributed by atoms with Crippen molar-refractivity contribution in [3.8, 4) is 23.0 Å². The highest BCUT2D eigenvalue weighted by Crippen LogP contribution is 2.27. The van der Waals surface area contributed by atoms with E-state index >= 15 is 0 Å². The first-order valence-corrected chi connectivity index (χ1v) is 19.3. The molecule has 0 spiro atoms. The van der Waals surface area contributed by atoms with Crippen molar-refractivity contribution in [2.75, 3.05) is 106 Å². The zero-order chi connectivity index (χ0) is 38.6. The molecule has 4 bridgehead atoms. The van der Waals surface area contributed by atoms with Crippen LogP contribution in [0.3, 0.4) is 0 Å². The van der Waals surface area contributed by atoms with E-state index in [1.165, 1.54) is 0 Å². The Labute approximate surface area is 330 Å². The van der Waals surface area contributed by atoms with E-state index in [0.717, 1.165) is 22.3 Å². The van der Waals surface area contributed by atoms with E-state index < -0.39 is 0 Å². The summed E-state index contributed by atoms with van der Waals surface area (Å²) in [5.74, 6) is 2.65. The molecule has 1 aliphatic rings. The van der Waals surface area contributed by atoms with Crippen molar-refractivity contribution < 1.29 is 56.8 Å². The quantitative estimate of drug-likeness (QED) is 0.196. The van der Waals surface area contributed by atoms with E-state index in [9.17, 15) is 0 Å². The lowest BCUT2D eigenvalue weighted by Crippen LogP contribution is -2.13. The zero-order valence-corrected chi connectivity index (χ0v) is 32.3. The lowest BCUT2D eigenvalue weighted by atomic mass is 10.1. The molecule has 0 saturated carbocycles. The van der Waals surface area contributed by atoms with E-state index in [2.05, 4.69) is 12.1 Å². The van der Waals surface area contributed by atoms with Crippen molar-refractivity contribution in [2.45, 2.75) is 26.4 Å². The minimum Gasteiger partial charge on any atom is -0.487 e. The summed E-state index contributed by atoms with van der Waals surface area (Å²) in [5, 5.41) is 0. The smallest absolute Gasteiger partial charge is 0.161 e. The second-order valence-electron chi connectivity index (χ2n) is 12.6. The summed E-state index contributed by atoms with van der Waals surface area (Å²) in [7, 11) is 0. The molecule has 12 heteroatoms. The normalized spacial score (nSPS) is 18.0. The van der Waals surface area contributed by atoms with Crippen LogP contribution in [0.25, 0.3) is 0 Å². The maximum Gasteiger partial charge on any atom is 0.161 e. The third-order valence-corrected chi connectivity index (χ3v) is 8.18. The van der Waals surface area contributed by atoms with Crippen LogP contribution < -0.4 is 18.9 Å². The molecule has 12 nitrogen and oxygen atoms in total. The molecule has 0 fully saturated rings. The molecule has 0 atom stereocenters. The fourth-order valence-corrected chi connectivity index (χ4v) is 5.48. The molecule has 5 rings (SSSR count). The Morgan fingerprint density at radius 3 is 0.732 bits per heavy atom. The molecule has 4 aromatic carbocycles. The Balaban J connectivity index is 1.03. The van der Waals surface area contributed by atoms with Crippen molar-refractivity contribution in [3.05, 3.63) is 119 Å². The van der Waals surface area contributed by atoms with Crippen LogP contribution in [0, 0.1) is 0 Å². The Bertz CT molecular complexity index is 1390. The second kappa shape index (κ2) is 27.4. The maximum absolute atomic E-state index is 5.92. The van der Waals surface area contributed by atoms with Gasteiger partial charge in [0, 0.05) is 0 Å². The van der Waals surface area contributed by atoms with Gasteiger partial charge >= 0.3 is 0 Å². The first kappa shape index (κ1) is 42.9. The predicted molar refractivity (Wildman–Crippen MR) is 210 cm³/mol. The molecule has 0 amide bonds. The molecular weight excluding hydrogens is 720 g/mol. The Kier molecular flexibility index (Phi) is 21.0. The molecule has 0 aliphatic carbocycles. The summed E-state index contributed by atoms with van der Waals surface area (Å²) >= 11 is 0. The van der Waals surface area contributed by atoms with Gasteiger partial charge in [0.25, 0.3) is 0 Å². The predicted octanol–water partition coefficient (Wildman–Crippen LogP) is 6.45. The van der Waals surface area contributed by atoms with E-state index in [1.807, 2.05) is 84.9 Å². The molecule has 1 heterocycles. The van der Waals surface area contributed by atoms with Crippen molar-refractivity contribution in [1.29, 1.82) is 0 Å². The molecule has 0 unspecified atom stereocenters. The molecule has 0 N–H and O–H groups in total. The zero-order valence-electron chi connectivity index (χ0n) is 32.3. The van der Waals surface area contributed by atoms with Gasteiger partial charge < -0.3 is 56.8 Å². The highest BCUT2D eigenvalue weighted by Gasteiger charge is 2.07. The van der Waals surface area contributed by atoms with Crippen molar-refractivity contribution in [1.82, 2.24) is 0 Å². The summed E-state index contributed by atoms with van der Waals surface area (Å²) < 4.78 is 69.9. The Morgan fingerprint density at radius 2 is 0.464 bits per heavy atom. The number of hydrogen-bond donors (Lipinski definition) is 0. The van der Waals surface area contributed by atoms with Crippen molar-refractivity contribution >= 4 is 0 Å². The standard InChI is InChI=1S/C44H56O12/c1-2-12-42-41(11-1)53-27-23-45-15-19-49-33-37-7-5-9-39(31-37)35-51-21-17-47-25-29-55-43-13-3-4-14-44(43)56-30-26-48-18-22-52-36-40-10-6-8-38(32-40)34-50-20-16-46-24-28-54-42/h1-14,31-32H,15-30,33-36H2. The largest absolute Gasteiger partial charge is 0.487 e. The number of para-hydroxylation sites is 4. The molecule has 304 valence electrons. The summed E-state index contributed by atoms with van der Waals surface area (Å²) in [6.45, 7) is 9.02. The maximum atomic E-state index is 5.92. The first-order valence-electron chi connectivity index (χ1n) is 19.3. The van der Waals surface area contributed by atoms with Gasteiger partial charge in [-0.25, -0.2) is 0 Å². The molecule has 4 aromatic rings. The van der Waals surface area contributed by atoms with Crippen LogP contribution in [0.15, 0.2) is 97.1 Å². The van der Waals surface area contributed by atoms with Gasteiger partial charge in [0.05, 0.1) is 106 Å². The first-order chi connectivity index (χ1) is 27.8. The fraction of sp³-hybridized carbons (Fsp3) is 0.455. The average Bonchev–Trinajstić information content (AvgIpc) is 3.22. The molecular formula is C44H56O12. The van der Waals surface area contributed by atoms with Crippen LogP contribution in [0.4, 0.5) is 0 Å². The van der Waals surface area contributed by atoms with Gasteiger partial charge in [0.1, 0.15) is 26.4 Å². The Morgan fingerprint density at radius 1 is 0.232 bits per heavy atom. The van der Waals surface area contributed by atoms with Gasteiger partial charge in [-0.05, 0) is 46.5 Å².